The summed E-state index contributed by atoms with van der Waals surface area (Å²) in [6.07, 6.45) is 22.3. The molecule has 0 atom stereocenters. The van der Waals surface area contributed by atoms with E-state index in [2.05, 4.69) is 6.92 Å². The summed E-state index contributed by atoms with van der Waals surface area (Å²) in [7, 11) is 0. The minimum absolute atomic E-state index is 0.0296. The topological polar surface area (TPSA) is 18.5 Å². The van der Waals surface area contributed by atoms with Gasteiger partial charge in [0.1, 0.15) is 0 Å². The van der Waals surface area contributed by atoms with Crippen LogP contribution in [0.3, 0.4) is 0 Å². The molecule has 24 heavy (non-hydrogen) atoms. The van der Waals surface area contributed by atoms with Gasteiger partial charge < -0.3 is 9.47 Å². The van der Waals surface area contributed by atoms with Gasteiger partial charge in [0.2, 0.25) is 0 Å². The van der Waals surface area contributed by atoms with Gasteiger partial charge in [-0.05, 0) is 26.7 Å². The summed E-state index contributed by atoms with van der Waals surface area (Å²) in [5.74, 6) is 0. The standard InChI is InChI=1S/C22H46O2/c1-4-7-8-9-10-11-12-13-14-15-16-17-18-19-20-21-22(23-5-2)24-6-3/h22H,4-21H2,1-3H3. The Morgan fingerprint density at radius 3 is 1.12 bits per heavy atom. The predicted octanol–water partition coefficient (Wildman–Crippen LogP) is 7.65. The molecule has 2 nitrogen and oxygen atoms in total. The number of ether oxygens (including phenoxy) is 2. The SMILES string of the molecule is CCCCCCCCCCCCCCCCCC(OCC)OCC. The van der Waals surface area contributed by atoms with Crippen LogP contribution in [-0.2, 0) is 9.47 Å². The average molecular weight is 343 g/mol. The van der Waals surface area contributed by atoms with E-state index in [1.807, 2.05) is 13.8 Å². The first kappa shape index (κ1) is 23.9. The van der Waals surface area contributed by atoms with E-state index in [0.717, 1.165) is 19.6 Å². The first-order valence-electron chi connectivity index (χ1n) is 11.1. The lowest BCUT2D eigenvalue weighted by atomic mass is 10.0. The molecule has 0 aromatic rings. The van der Waals surface area contributed by atoms with Crippen LogP contribution in [0.5, 0.6) is 0 Å². The first-order chi connectivity index (χ1) is 11.8. The van der Waals surface area contributed by atoms with E-state index in [4.69, 9.17) is 9.47 Å². The zero-order valence-electron chi connectivity index (χ0n) is 17.1. The van der Waals surface area contributed by atoms with Crippen molar-refractivity contribution >= 4 is 0 Å². The van der Waals surface area contributed by atoms with Crippen LogP contribution >= 0.6 is 0 Å². The van der Waals surface area contributed by atoms with Gasteiger partial charge in [0.05, 0.1) is 0 Å². The molecule has 0 aromatic carbocycles. The van der Waals surface area contributed by atoms with Crippen molar-refractivity contribution in [2.75, 3.05) is 13.2 Å². The van der Waals surface area contributed by atoms with Gasteiger partial charge in [-0.15, -0.1) is 0 Å². The van der Waals surface area contributed by atoms with Crippen molar-refractivity contribution in [3.63, 3.8) is 0 Å². The van der Waals surface area contributed by atoms with E-state index in [-0.39, 0.29) is 6.29 Å². The lowest BCUT2D eigenvalue weighted by Crippen LogP contribution is -2.17. The minimum atomic E-state index is 0.0296. The Hall–Kier alpha value is -0.0800. The third-order valence-corrected chi connectivity index (χ3v) is 4.75. The summed E-state index contributed by atoms with van der Waals surface area (Å²) in [5.41, 5.74) is 0. The van der Waals surface area contributed by atoms with Crippen LogP contribution in [0.25, 0.3) is 0 Å². The van der Waals surface area contributed by atoms with E-state index in [1.54, 1.807) is 0 Å². The van der Waals surface area contributed by atoms with Crippen molar-refractivity contribution in [2.24, 2.45) is 0 Å². The van der Waals surface area contributed by atoms with Gasteiger partial charge in [-0.2, -0.15) is 0 Å². The second-order valence-electron chi connectivity index (χ2n) is 7.08. The normalized spacial score (nSPS) is 11.5. The molecule has 0 bridgehead atoms. The van der Waals surface area contributed by atoms with Gasteiger partial charge >= 0.3 is 0 Å². The number of unbranched alkanes of at least 4 members (excludes halogenated alkanes) is 14. The maximum absolute atomic E-state index is 5.58. The van der Waals surface area contributed by atoms with E-state index >= 15 is 0 Å². The smallest absolute Gasteiger partial charge is 0.157 e. The lowest BCUT2D eigenvalue weighted by molar-refractivity contribution is -0.140. The van der Waals surface area contributed by atoms with E-state index in [9.17, 15) is 0 Å². The number of hydrogen-bond acceptors (Lipinski definition) is 2. The third kappa shape index (κ3) is 18.3. The highest BCUT2D eigenvalue weighted by atomic mass is 16.7. The summed E-state index contributed by atoms with van der Waals surface area (Å²) in [4.78, 5) is 0. The summed E-state index contributed by atoms with van der Waals surface area (Å²) in [6, 6.07) is 0. The van der Waals surface area contributed by atoms with Crippen LogP contribution < -0.4 is 0 Å². The molecule has 0 saturated heterocycles. The van der Waals surface area contributed by atoms with Crippen LogP contribution in [0.4, 0.5) is 0 Å². The molecule has 0 fully saturated rings. The highest BCUT2D eigenvalue weighted by molar-refractivity contribution is 4.51. The number of hydrogen-bond donors (Lipinski definition) is 0. The highest BCUT2D eigenvalue weighted by Gasteiger charge is 2.06. The fraction of sp³-hybridized carbons (Fsp3) is 1.00. The van der Waals surface area contributed by atoms with E-state index < -0.39 is 0 Å². The summed E-state index contributed by atoms with van der Waals surface area (Å²) >= 11 is 0. The molecule has 0 radical (unpaired) electrons. The van der Waals surface area contributed by atoms with E-state index in [0.29, 0.717) is 0 Å². The van der Waals surface area contributed by atoms with Gasteiger partial charge in [0, 0.05) is 13.2 Å². The largest absolute Gasteiger partial charge is 0.353 e. The maximum Gasteiger partial charge on any atom is 0.157 e. The molecular formula is C22H46O2. The Kier molecular flexibility index (Phi) is 20.9. The molecule has 0 rings (SSSR count). The second kappa shape index (κ2) is 21.0. The van der Waals surface area contributed by atoms with E-state index in [1.165, 1.54) is 96.3 Å². The van der Waals surface area contributed by atoms with Gasteiger partial charge in [-0.1, -0.05) is 96.8 Å². The molecule has 0 spiro atoms. The Morgan fingerprint density at radius 2 is 0.792 bits per heavy atom. The van der Waals surface area contributed by atoms with Gasteiger partial charge in [0.15, 0.2) is 6.29 Å². The van der Waals surface area contributed by atoms with Crippen LogP contribution in [0.15, 0.2) is 0 Å². The molecule has 0 aliphatic carbocycles. The Bertz CT molecular complexity index is 212. The molecule has 0 aliphatic heterocycles. The van der Waals surface area contributed by atoms with Crippen LogP contribution in [0.2, 0.25) is 0 Å². The fourth-order valence-corrected chi connectivity index (χ4v) is 3.27. The predicted molar refractivity (Wildman–Crippen MR) is 107 cm³/mol. The van der Waals surface area contributed by atoms with Crippen molar-refractivity contribution in [1.82, 2.24) is 0 Å². The Labute approximate surface area is 153 Å². The number of rotatable bonds is 20. The maximum atomic E-state index is 5.58. The molecule has 0 N–H and O–H groups in total. The quantitative estimate of drug-likeness (QED) is 0.167. The van der Waals surface area contributed by atoms with Crippen LogP contribution in [0.1, 0.15) is 124 Å². The Morgan fingerprint density at radius 1 is 0.458 bits per heavy atom. The first-order valence-corrected chi connectivity index (χ1v) is 11.1. The lowest BCUT2D eigenvalue weighted by Gasteiger charge is -2.16. The molecule has 2 heteroatoms. The van der Waals surface area contributed by atoms with Crippen molar-refractivity contribution in [2.45, 2.75) is 130 Å². The molecule has 0 aromatic heterocycles. The van der Waals surface area contributed by atoms with Gasteiger partial charge in [-0.3, -0.25) is 0 Å². The van der Waals surface area contributed by atoms with Crippen molar-refractivity contribution in [1.29, 1.82) is 0 Å². The molecule has 0 aliphatic rings. The monoisotopic (exact) mass is 342 g/mol. The molecule has 146 valence electrons. The summed E-state index contributed by atoms with van der Waals surface area (Å²) in [6.45, 7) is 7.88. The molecule has 0 heterocycles. The minimum Gasteiger partial charge on any atom is -0.353 e. The fourth-order valence-electron chi connectivity index (χ4n) is 3.27. The van der Waals surface area contributed by atoms with Crippen LogP contribution in [0, 0.1) is 0 Å². The van der Waals surface area contributed by atoms with Crippen molar-refractivity contribution < 1.29 is 9.47 Å². The molecule has 0 saturated carbocycles. The van der Waals surface area contributed by atoms with Gasteiger partial charge in [0.25, 0.3) is 0 Å². The Balaban J connectivity index is 3.14. The zero-order chi connectivity index (χ0) is 17.7. The zero-order valence-corrected chi connectivity index (χ0v) is 17.1. The average Bonchev–Trinajstić information content (AvgIpc) is 2.58. The second-order valence-corrected chi connectivity index (χ2v) is 7.08. The molecule has 0 unspecified atom stereocenters. The van der Waals surface area contributed by atoms with Crippen LogP contribution in [-0.4, -0.2) is 19.5 Å². The third-order valence-electron chi connectivity index (χ3n) is 4.75. The van der Waals surface area contributed by atoms with Crippen molar-refractivity contribution in [3.8, 4) is 0 Å². The highest BCUT2D eigenvalue weighted by Crippen LogP contribution is 2.14. The van der Waals surface area contributed by atoms with Gasteiger partial charge in [-0.25, -0.2) is 0 Å². The molecular weight excluding hydrogens is 296 g/mol. The molecule has 0 amide bonds. The summed E-state index contributed by atoms with van der Waals surface area (Å²) < 4.78 is 11.2. The van der Waals surface area contributed by atoms with Crippen molar-refractivity contribution in [3.05, 3.63) is 0 Å². The summed E-state index contributed by atoms with van der Waals surface area (Å²) in [5, 5.41) is 0.